The maximum absolute atomic E-state index is 12.7. The number of hydrogen-bond donors (Lipinski definition) is 0. The van der Waals surface area contributed by atoms with Crippen LogP contribution in [0, 0.1) is 0 Å². The molecule has 0 spiro atoms. The molecule has 0 radical (unpaired) electrons. The predicted molar refractivity (Wildman–Crippen MR) is 108 cm³/mol. The largest absolute Gasteiger partial charge is 0.486 e. The quantitative estimate of drug-likeness (QED) is 0.648. The first kappa shape index (κ1) is 19.9. The van der Waals surface area contributed by atoms with Crippen molar-refractivity contribution in [2.45, 2.75) is 39.7 Å². The van der Waals surface area contributed by atoms with Gasteiger partial charge in [-0.1, -0.05) is 43.3 Å². The Morgan fingerprint density at radius 2 is 1.71 bits per heavy atom. The Bertz CT molecular complexity index is 829. The highest BCUT2D eigenvalue weighted by Gasteiger charge is 2.20. The van der Waals surface area contributed by atoms with Gasteiger partial charge >= 0.3 is 0 Å². The number of rotatable bonds is 8. The highest BCUT2D eigenvalue weighted by molar-refractivity contribution is 5.98. The lowest BCUT2D eigenvalue weighted by Crippen LogP contribution is -2.31. The fourth-order valence-electron chi connectivity index (χ4n) is 3.29. The maximum Gasteiger partial charge on any atom is 0.223 e. The van der Waals surface area contributed by atoms with Gasteiger partial charge in [0.25, 0.3) is 0 Å². The third-order valence-electron chi connectivity index (χ3n) is 4.99. The summed E-state index contributed by atoms with van der Waals surface area (Å²) in [6, 6.07) is 13.4. The summed E-state index contributed by atoms with van der Waals surface area (Å²) in [5.74, 6) is 1.40. The second-order valence-electron chi connectivity index (χ2n) is 6.82. The van der Waals surface area contributed by atoms with Crippen LogP contribution in [0.3, 0.4) is 0 Å². The Labute approximate surface area is 166 Å². The number of benzene rings is 2. The van der Waals surface area contributed by atoms with E-state index in [1.54, 1.807) is 4.90 Å². The zero-order valence-corrected chi connectivity index (χ0v) is 16.6. The van der Waals surface area contributed by atoms with Crippen molar-refractivity contribution in [2.24, 2.45) is 0 Å². The van der Waals surface area contributed by atoms with Gasteiger partial charge in [0.2, 0.25) is 5.91 Å². The highest BCUT2D eigenvalue weighted by atomic mass is 16.6. The summed E-state index contributed by atoms with van der Waals surface area (Å²) < 4.78 is 11.3. The number of para-hydroxylation sites is 1. The van der Waals surface area contributed by atoms with Crippen molar-refractivity contribution in [3.63, 3.8) is 0 Å². The number of ether oxygens (including phenoxy) is 2. The molecule has 0 fully saturated rings. The minimum absolute atomic E-state index is 0.000815. The van der Waals surface area contributed by atoms with Gasteiger partial charge in [0.1, 0.15) is 13.2 Å². The summed E-state index contributed by atoms with van der Waals surface area (Å²) in [4.78, 5) is 26.8. The molecule has 3 rings (SSSR count). The molecule has 0 saturated carbocycles. The second kappa shape index (κ2) is 9.40. The van der Waals surface area contributed by atoms with Crippen LogP contribution in [0.1, 0.15) is 48.2 Å². The number of ketones is 1. The van der Waals surface area contributed by atoms with Crippen molar-refractivity contribution in [1.29, 1.82) is 0 Å². The normalized spacial score (nSPS) is 12.5. The monoisotopic (exact) mass is 381 g/mol. The van der Waals surface area contributed by atoms with E-state index in [9.17, 15) is 9.59 Å². The molecule has 2 aromatic rings. The third-order valence-corrected chi connectivity index (χ3v) is 4.99. The van der Waals surface area contributed by atoms with Gasteiger partial charge in [0.15, 0.2) is 17.3 Å². The molecule has 148 valence electrons. The molecule has 5 heteroatoms. The Morgan fingerprint density at radius 3 is 2.43 bits per heavy atom. The topological polar surface area (TPSA) is 55.8 Å². The number of carbonyl (C=O) groups is 2. The van der Waals surface area contributed by atoms with E-state index < -0.39 is 0 Å². The summed E-state index contributed by atoms with van der Waals surface area (Å²) in [5.41, 5.74) is 2.78. The maximum atomic E-state index is 12.7. The lowest BCUT2D eigenvalue weighted by molar-refractivity contribution is -0.131. The standard InChI is InChI=1S/C23H27NO4/c1-3-17-8-10-18(11-9-17)20(25)12-13-22(26)24(4-2)16-19-6-5-7-21-23(19)28-15-14-27-21/h5-11H,3-4,12-16H2,1-2H3. The van der Waals surface area contributed by atoms with Crippen LogP contribution in [-0.2, 0) is 17.8 Å². The molecule has 1 aliphatic rings. The Balaban J connectivity index is 1.60. The molecular formula is C23H27NO4. The Morgan fingerprint density at radius 1 is 0.964 bits per heavy atom. The van der Waals surface area contributed by atoms with Gasteiger partial charge in [0, 0.05) is 37.1 Å². The van der Waals surface area contributed by atoms with Crippen molar-refractivity contribution in [3.05, 3.63) is 59.2 Å². The van der Waals surface area contributed by atoms with Gasteiger partial charge in [0.05, 0.1) is 0 Å². The van der Waals surface area contributed by atoms with E-state index >= 15 is 0 Å². The van der Waals surface area contributed by atoms with Crippen molar-refractivity contribution >= 4 is 11.7 Å². The first-order valence-corrected chi connectivity index (χ1v) is 9.89. The van der Waals surface area contributed by atoms with Crippen molar-refractivity contribution in [2.75, 3.05) is 19.8 Å². The molecule has 0 aromatic heterocycles. The lowest BCUT2D eigenvalue weighted by Gasteiger charge is -2.25. The van der Waals surface area contributed by atoms with Gasteiger partial charge in [-0.15, -0.1) is 0 Å². The number of amides is 1. The molecule has 1 amide bonds. The molecular weight excluding hydrogens is 354 g/mol. The molecule has 1 aliphatic heterocycles. The summed E-state index contributed by atoms with van der Waals surface area (Å²) in [5, 5.41) is 0. The molecule has 28 heavy (non-hydrogen) atoms. The lowest BCUT2D eigenvalue weighted by atomic mass is 10.0. The van der Waals surface area contributed by atoms with E-state index in [0.29, 0.717) is 37.6 Å². The Hall–Kier alpha value is -2.82. The average molecular weight is 381 g/mol. The molecule has 0 bridgehead atoms. The van der Waals surface area contributed by atoms with E-state index in [1.807, 2.05) is 49.4 Å². The number of hydrogen-bond acceptors (Lipinski definition) is 4. The second-order valence-corrected chi connectivity index (χ2v) is 6.82. The van der Waals surface area contributed by atoms with E-state index in [0.717, 1.165) is 17.7 Å². The molecule has 0 N–H and O–H groups in total. The van der Waals surface area contributed by atoms with Gasteiger partial charge in [-0.3, -0.25) is 9.59 Å². The smallest absolute Gasteiger partial charge is 0.223 e. The van der Waals surface area contributed by atoms with Gasteiger partial charge in [-0.25, -0.2) is 0 Å². The third kappa shape index (κ3) is 4.71. The van der Waals surface area contributed by atoms with Crippen molar-refractivity contribution in [1.82, 2.24) is 4.90 Å². The number of carbonyl (C=O) groups excluding carboxylic acids is 2. The van der Waals surface area contributed by atoms with E-state index in [-0.39, 0.29) is 24.5 Å². The fourth-order valence-corrected chi connectivity index (χ4v) is 3.29. The van der Waals surface area contributed by atoms with Crippen LogP contribution < -0.4 is 9.47 Å². The molecule has 1 heterocycles. The first-order valence-electron chi connectivity index (χ1n) is 9.89. The zero-order valence-electron chi connectivity index (χ0n) is 16.6. The summed E-state index contributed by atoms with van der Waals surface area (Å²) >= 11 is 0. The number of nitrogens with zero attached hydrogens (tertiary/aromatic N) is 1. The molecule has 0 unspecified atom stereocenters. The highest BCUT2D eigenvalue weighted by Crippen LogP contribution is 2.34. The average Bonchev–Trinajstić information content (AvgIpc) is 2.75. The minimum Gasteiger partial charge on any atom is -0.486 e. The van der Waals surface area contributed by atoms with Crippen LogP contribution in [0.5, 0.6) is 11.5 Å². The molecule has 0 saturated heterocycles. The molecule has 5 nitrogen and oxygen atoms in total. The zero-order chi connectivity index (χ0) is 19.9. The van der Waals surface area contributed by atoms with E-state index in [1.165, 1.54) is 5.56 Å². The minimum atomic E-state index is -0.0321. The molecule has 0 aliphatic carbocycles. The van der Waals surface area contributed by atoms with E-state index in [4.69, 9.17) is 9.47 Å². The van der Waals surface area contributed by atoms with Crippen molar-refractivity contribution in [3.8, 4) is 11.5 Å². The summed E-state index contributed by atoms with van der Waals surface area (Å²) in [6.07, 6.45) is 1.36. The first-order chi connectivity index (χ1) is 13.6. The molecule has 0 atom stereocenters. The van der Waals surface area contributed by atoms with Crippen LogP contribution in [0.25, 0.3) is 0 Å². The fraction of sp³-hybridized carbons (Fsp3) is 0.391. The van der Waals surface area contributed by atoms with Crippen LogP contribution in [0.4, 0.5) is 0 Å². The van der Waals surface area contributed by atoms with E-state index in [2.05, 4.69) is 6.92 Å². The van der Waals surface area contributed by atoms with Crippen LogP contribution in [0.15, 0.2) is 42.5 Å². The van der Waals surface area contributed by atoms with Crippen molar-refractivity contribution < 1.29 is 19.1 Å². The predicted octanol–water partition coefficient (Wildman–Crippen LogP) is 4.03. The molecule has 2 aromatic carbocycles. The Kier molecular flexibility index (Phi) is 6.69. The van der Waals surface area contributed by atoms with Gasteiger partial charge in [-0.2, -0.15) is 0 Å². The number of fused-ring (bicyclic) bond motifs is 1. The summed E-state index contributed by atoms with van der Waals surface area (Å²) in [6.45, 7) is 6.08. The number of Topliss-reactive ketones (excluding diaryl/α,β-unsaturated/α-hetero) is 1. The van der Waals surface area contributed by atoms with Crippen LogP contribution >= 0.6 is 0 Å². The van der Waals surface area contributed by atoms with Crippen LogP contribution in [0.2, 0.25) is 0 Å². The SMILES string of the molecule is CCc1ccc(C(=O)CCC(=O)N(CC)Cc2cccc3c2OCCO3)cc1. The van der Waals surface area contributed by atoms with Crippen LogP contribution in [-0.4, -0.2) is 36.3 Å². The van der Waals surface area contributed by atoms with Gasteiger partial charge in [-0.05, 0) is 25.0 Å². The summed E-state index contributed by atoms with van der Waals surface area (Å²) in [7, 11) is 0. The number of aryl methyl sites for hydroxylation is 1. The van der Waals surface area contributed by atoms with Gasteiger partial charge < -0.3 is 14.4 Å².